The molecule has 0 radical (unpaired) electrons. The maximum absolute atomic E-state index is 13.6. The van der Waals surface area contributed by atoms with Gasteiger partial charge in [0.15, 0.2) is 22.4 Å². The highest BCUT2D eigenvalue weighted by Gasteiger charge is 2.33. The van der Waals surface area contributed by atoms with Gasteiger partial charge in [-0.2, -0.15) is 0 Å². The fraction of sp³-hybridized carbons (Fsp3) is 0.148. The van der Waals surface area contributed by atoms with Gasteiger partial charge in [-0.15, -0.1) is 0 Å². The van der Waals surface area contributed by atoms with Crippen molar-refractivity contribution in [1.82, 2.24) is 0 Å². The van der Waals surface area contributed by atoms with Crippen LogP contribution in [0.1, 0.15) is 16.7 Å². The Labute approximate surface area is 218 Å². The first kappa shape index (κ1) is 25.4. The van der Waals surface area contributed by atoms with Gasteiger partial charge in [0, 0.05) is 5.69 Å². The van der Waals surface area contributed by atoms with E-state index in [4.69, 9.17) is 21.7 Å². The number of ether oxygens (including phenoxy) is 2. The van der Waals surface area contributed by atoms with Gasteiger partial charge in [0.05, 0.1) is 17.7 Å². The maximum Gasteiger partial charge on any atom is 0.270 e. The second-order valence-electron chi connectivity index (χ2n) is 8.04. The van der Waals surface area contributed by atoms with Crippen LogP contribution in [0.2, 0.25) is 0 Å². The van der Waals surface area contributed by atoms with E-state index < -0.39 is 5.82 Å². The third kappa shape index (κ3) is 5.75. The predicted molar refractivity (Wildman–Crippen MR) is 145 cm³/mol. The van der Waals surface area contributed by atoms with Crippen molar-refractivity contribution in [3.8, 4) is 11.5 Å². The SMILES string of the molecule is COc1cc(/C=C2\SC(=S)N(c3cccc(F)c3)C2=O)ccc1OCC(=O)Nc1ccc(C)c(C)c1. The monoisotopic (exact) mass is 522 g/mol. The molecule has 4 rings (SSSR count). The van der Waals surface area contributed by atoms with E-state index in [0.29, 0.717) is 37.7 Å². The lowest BCUT2D eigenvalue weighted by atomic mass is 10.1. The number of carbonyl (C=O) groups is 2. The number of rotatable bonds is 7. The summed E-state index contributed by atoms with van der Waals surface area (Å²) >= 11 is 6.48. The van der Waals surface area contributed by atoms with Crippen LogP contribution in [-0.2, 0) is 9.59 Å². The maximum atomic E-state index is 13.6. The number of nitrogens with one attached hydrogen (secondary N) is 1. The number of halogens is 1. The molecular formula is C27H23FN2O4S2. The van der Waals surface area contributed by atoms with Crippen molar-refractivity contribution in [1.29, 1.82) is 0 Å². The minimum Gasteiger partial charge on any atom is -0.493 e. The van der Waals surface area contributed by atoms with Crippen LogP contribution >= 0.6 is 24.0 Å². The fourth-order valence-corrected chi connectivity index (χ4v) is 4.81. The summed E-state index contributed by atoms with van der Waals surface area (Å²) in [5.74, 6) is -0.294. The first-order valence-corrected chi connectivity index (χ1v) is 12.2. The van der Waals surface area contributed by atoms with Gasteiger partial charge in [-0.25, -0.2) is 4.39 Å². The number of benzene rings is 3. The standard InChI is InChI=1S/C27H23FN2O4S2/c1-16-7-9-20(11-17(16)2)29-25(31)15-34-22-10-8-18(12-23(22)33-3)13-24-26(32)30(27(35)36-24)21-6-4-5-19(28)14-21/h4-14H,15H2,1-3H3,(H,29,31)/b24-13-. The van der Waals surface area contributed by atoms with Crippen molar-refractivity contribution in [2.75, 3.05) is 23.9 Å². The lowest BCUT2D eigenvalue weighted by Crippen LogP contribution is -2.27. The van der Waals surface area contributed by atoms with Gasteiger partial charge in [-0.05, 0) is 79.1 Å². The summed E-state index contributed by atoms with van der Waals surface area (Å²) < 4.78 is 25.1. The molecule has 3 aromatic carbocycles. The van der Waals surface area contributed by atoms with Crippen LogP contribution in [0.25, 0.3) is 6.08 Å². The van der Waals surface area contributed by atoms with E-state index in [0.717, 1.165) is 22.9 Å². The number of thiocarbonyl (C=S) groups is 1. The Morgan fingerprint density at radius 2 is 1.89 bits per heavy atom. The molecule has 1 aliphatic rings. The number of carbonyl (C=O) groups excluding carboxylic acids is 2. The predicted octanol–water partition coefficient (Wildman–Crippen LogP) is 5.87. The minimum atomic E-state index is -0.450. The zero-order valence-electron chi connectivity index (χ0n) is 19.8. The Kier molecular flexibility index (Phi) is 7.71. The molecule has 0 bridgehead atoms. The van der Waals surface area contributed by atoms with Gasteiger partial charge in [-0.1, -0.05) is 42.2 Å². The van der Waals surface area contributed by atoms with Crippen LogP contribution in [0, 0.1) is 19.7 Å². The van der Waals surface area contributed by atoms with Crippen LogP contribution in [0.4, 0.5) is 15.8 Å². The molecule has 1 N–H and O–H groups in total. The highest BCUT2D eigenvalue weighted by Crippen LogP contribution is 2.37. The summed E-state index contributed by atoms with van der Waals surface area (Å²) in [6.07, 6.45) is 1.68. The third-order valence-corrected chi connectivity index (χ3v) is 6.80. The second kappa shape index (κ2) is 10.9. The van der Waals surface area contributed by atoms with E-state index in [1.165, 1.54) is 30.2 Å². The molecule has 184 valence electrons. The lowest BCUT2D eigenvalue weighted by molar-refractivity contribution is -0.118. The first-order valence-electron chi connectivity index (χ1n) is 11.0. The van der Waals surface area contributed by atoms with Crippen LogP contribution in [-0.4, -0.2) is 29.9 Å². The minimum absolute atomic E-state index is 0.199. The molecule has 0 aliphatic carbocycles. The Balaban J connectivity index is 1.45. The average molecular weight is 523 g/mol. The summed E-state index contributed by atoms with van der Waals surface area (Å²) in [6, 6.07) is 16.5. The fourth-order valence-electron chi connectivity index (χ4n) is 3.51. The Hall–Kier alpha value is -3.69. The Morgan fingerprint density at radius 3 is 2.61 bits per heavy atom. The van der Waals surface area contributed by atoms with Crippen molar-refractivity contribution in [2.24, 2.45) is 0 Å². The van der Waals surface area contributed by atoms with Gasteiger partial charge < -0.3 is 14.8 Å². The summed E-state index contributed by atoms with van der Waals surface area (Å²) in [7, 11) is 1.49. The van der Waals surface area contributed by atoms with E-state index in [2.05, 4.69) is 5.32 Å². The molecule has 1 aliphatic heterocycles. The molecule has 1 heterocycles. The van der Waals surface area contributed by atoms with Crippen molar-refractivity contribution < 1.29 is 23.5 Å². The number of anilines is 2. The molecule has 9 heteroatoms. The lowest BCUT2D eigenvalue weighted by Gasteiger charge is -2.14. The van der Waals surface area contributed by atoms with Crippen LogP contribution < -0.4 is 19.7 Å². The van der Waals surface area contributed by atoms with Crippen molar-refractivity contribution in [3.63, 3.8) is 0 Å². The van der Waals surface area contributed by atoms with Crippen LogP contribution in [0.15, 0.2) is 65.6 Å². The first-order chi connectivity index (χ1) is 17.2. The summed E-state index contributed by atoms with van der Waals surface area (Å²) in [6.45, 7) is 3.79. The number of methoxy groups -OCH3 is 1. The zero-order chi connectivity index (χ0) is 25.8. The van der Waals surface area contributed by atoms with Gasteiger partial charge in [0.1, 0.15) is 5.82 Å². The van der Waals surface area contributed by atoms with Crippen LogP contribution in [0.3, 0.4) is 0 Å². The number of hydrogen-bond acceptors (Lipinski definition) is 6. The van der Waals surface area contributed by atoms with Gasteiger partial charge in [0.25, 0.3) is 11.8 Å². The Morgan fingerprint density at radius 1 is 1.08 bits per heavy atom. The largest absolute Gasteiger partial charge is 0.493 e. The number of hydrogen-bond donors (Lipinski definition) is 1. The van der Waals surface area contributed by atoms with Crippen molar-refractivity contribution >= 4 is 57.6 Å². The molecule has 0 saturated carbocycles. The van der Waals surface area contributed by atoms with E-state index in [1.807, 2.05) is 32.0 Å². The third-order valence-electron chi connectivity index (χ3n) is 5.49. The smallest absolute Gasteiger partial charge is 0.270 e. The molecule has 3 aromatic rings. The number of nitrogens with zero attached hydrogens (tertiary/aromatic N) is 1. The second-order valence-corrected chi connectivity index (χ2v) is 9.72. The van der Waals surface area contributed by atoms with Crippen LogP contribution in [0.5, 0.6) is 11.5 Å². The molecule has 0 aromatic heterocycles. The van der Waals surface area contributed by atoms with Gasteiger partial charge >= 0.3 is 0 Å². The normalized spacial score (nSPS) is 14.3. The van der Waals surface area contributed by atoms with Gasteiger partial charge in [-0.3, -0.25) is 14.5 Å². The number of amides is 2. The summed E-state index contributed by atoms with van der Waals surface area (Å²) in [5, 5.41) is 2.81. The molecule has 36 heavy (non-hydrogen) atoms. The summed E-state index contributed by atoms with van der Waals surface area (Å²) in [5.41, 5.74) is 3.98. The zero-order valence-corrected chi connectivity index (χ0v) is 21.5. The average Bonchev–Trinajstić information content (AvgIpc) is 3.12. The van der Waals surface area contributed by atoms with Crippen molar-refractivity contribution in [2.45, 2.75) is 13.8 Å². The highest BCUT2D eigenvalue weighted by molar-refractivity contribution is 8.27. The van der Waals surface area contributed by atoms with Crippen molar-refractivity contribution in [3.05, 3.63) is 88.1 Å². The molecule has 1 fully saturated rings. The molecule has 2 amide bonds. The number of thioether (sulfide) groups is 1. The molecule has 0 atom stereocenters. The number of aryl methyl sites for hydroxylation is 2. The van der Waals surface area contributed by atoms with E-state index in [9.17, 15) is 14.0 Å². The molecule has 0 spiro atoms. The molecule has 6 nitrogen and oxygen atoms in total. The molecule has 0 unspecified atom stereocenters. The van der Waals surface area contributed by atoms with Gasteiger partial charge in [0.2, 0.25) is 0 Å². The topological polar surface area (TPSA) is 67.9 Å². The molecule has 1 saturated heterocycles. The Bertz CT molecular complexity index is 1390. The quantitative estimate of drug-likeness (QED) is 0.309. The molecular weight excluding hydrogens is 499 g/mol. The highest BCUT2D eigenvalue weighted by atomic mass is 32.2. The van der Waals surface area contributed by atoms with E-state index in [1.54, 1.807) is 30.3 Å². The summed E-state index contributed by atoms with van der Waals surface area (Å²) in [4.78, 5) is 27.0. The van der Waals surface area contributed by atoms with E-state index >= 15 is 0 Å². The van der Waals surface area contributed by atoms with E-state index in [-0.39, 0.29) is 18.4 Å².